The van der Waals surface area contributed by atoms with Crippen LogP contribution in [0.25, 0.3) is 10.9 Å². The molecule has 1 aromatic carbocycles. The van der Waals surface area contributed by atoms with Gasteiger partial charge in [0.2, 0.25) is 0 Å². The second-order valence-corrected chi connectivity index (χ2v) is 5.94. The van der Waals surface area contributed by atoms with Gasteiger partial charge in [0.15, 0.2) is 0 Å². The van der Waals surface area contributed by atoms with Crippen molar-refractivity contribution >= 4 is 16.7 Å². The van der Waals surface area contributed by atoms with Crippen LogP contribution in [0.4, 0.5) is 5.82 Å². The molecule has 1 aromatic heterocycles. The van der Waals surface area contributed by atoms with Crippen molar-refractivity contribution in [2.75, 3.05) is 19.0 Å². The Bertz CT molecular complexity index is 618. The van der Waals surface area contributed by atoms with Gasteiger partial charge in [-0.3, -0.25) is 0 Å². The molecule has 3 heteroatoms. The van der Waals surface area contributed by atoms with Gasteiger partial charge in [-0.2, -0.15) is 0 Å². The van der Waals surface area contributed by atoms with Gasteiger partial charge >= 0.3 is 0 Å². The molecule has 0 bridgehead atoms. The third kappa shape index (κ3) is 3.12. The first-order valence-electron chi connectivity index (χ1n) is 8.01. The number of pyridine rings is 1. The molecule has 0 unspecified atom stereocenters. The van der Waals surface area contributed by atoms with Gasteiger partial charge in [0, 0.05) is 11.9 Å². The van der Waals surface area contributed by atoms with E-state index in [2.05, 4.69) is 24.4 Å². The molecule has 0 atom stereocenters. The Kier molecular flexibility index (Phi) is 4.28. The predicted molar refractivity (Wildman–Crippen MR) is 88.1 cm³/mol. The van der Waals surface area contributed by atoms with E-state index in [0.717, 1.165) is 36.0 Å². The van der Waals surface area contributed by atoms with Gasteiger partial charge in [0.25, 0.3) is 0 Å². The summed E-state index contributed by atoms with van der Waals surface area (Å²) in [5.41, 5.74) is 2.38. The van der Waals surface area contributed by atoms with E-state index in [-0.39, 0.29) is 0 Å². The molecule has 3 nitrogen and oxygen atoms in total. The van der Waals surface area contributed by atoms with Crippen molar-refractivity contribution in [2.24, 2.45) is 5.92 Å². The zero-order chi connectivity index (χ0) is 14.7. The summed E-state index contributed by atoms with van der Waals surface area (Å²) in [4.78, 5) is 4.82. The normalized spacial score (nSPS) is 15.5. The number of nitrogens with zero attached hydrogens (tertiary/aromatic N) is 1. The molecular formula is C18H24N2O. The molecule has 1 N–H and O–H groups in total. The van der Waals surface area contributed by atoms with Crippen molar-refractivity contribution in [2.45, 2.75) is 39.0 Å². The minimum absolute atomic E-state index is 0.826. The summed E-state index contributed by atoms with van der Waals surface area (Å²) in [6.07, 6.45) is 6.64. The van der Waals surface area contributed by atoms with E-state index in [1.165, 1.54) is 36.6 Å². The Morgan fingerprint density at radius 1 is 1.24 bits per heavy atom. The highest BCUT2D eigenvalue weighted by Gasteiger charge is 2.18. The first-order valence-corrected chi connectivity index (χ1v) is 8.01. The molecule has 3 rings (SSSR count). The van der Waals surface area contributed by atoms with E-state index in [0.29, 0.717) is 0 Å². The van der Waals surface area contributed by atoms with E-state index in [4.69, 9.17) is 9.72 Å². The molecule has 21 heavy (non-hydrogen) atoms. The Hall–Kier alpha value is -1.77. The maximum Gasteiger partial charge on any atom is 0.129 e. The third-order valence-corrected chi connectivity index (χ3v) is 4.43. The molecule has 0 saturated heterocycles. The number of hydrogen-bond acceptors (Lipinski definition) is 3. The zero-order valence-electron chi connectivity index (χ0n) is 13.0. The van der Waals surface area contributed by atoms with Crippen LogP contribution < -0.4 is 10.1 Å². The number of rotatable bonds is 5. The average molecular weight is 284 g/mol. The molecule has 112 valence electrons. The van der Waals surface area contributed by atoms with Gasteiger partial charge in [-0.05, 0) is 49.1 Å². The Labute approximate surface area is 126 Å². The molecule has 2 aromatic rings. The number of aromatic nitrogens is 1. The Balaban J connectivity index is 1.98. The van der Waals surface area contributed by atoms with E-state index < -0.39 is 0 Å². The summed E-state index contributed by atoms with van der Waals surface area (Å²) >= 11 is 0. The molecule has 0 amide bonds. The third-order valence-electron chi connectivity index (χ3n) is 4.43. The van der Waals surface area contributed by atoms with Crippen molar-refractivity contribution in [3.05, 3.63) is 29.8 Å². The number of benzene rings is 1. The van der Waals surface area contributed by atoms with Crippen LogP contribution in [-0.2, 0) is 6.42 Å². The minimum Gasteiger partial charge on any atom is -0.497 e. The molecule has 0 aliphatic heterocycles. The number of fused-ring (bicyclic) bond motifs is 1. The summed E-state index contributed by atoms with van der Waals surface area (Å²) in [5, 5.41) is 4.60. The summed E-state index contributed by atoms with van der Waals surface area (Å²) in [5.74, 6) is 2.78. The van der Waals surface area contributed by atoms with Crippen LogP contribution in [-0.4, -0.2) is 18.6 Å². The Morgan fingerprint density at radius 3 is 2.76 bits per heavy atom. The lowest BCUT2D eigenvalue weighted by molar-refractivity contribution is 0.415. The van der Waals surface area contributed by atoms with Crippen molar-refractivity contribution in [1.82, 2.24) is 4.98 Å². The second kappa shape index (κ2) is 6.33. The van der Waals surface area contributed by atoms with Crippen molar-refractivity contribution in [3.8, 4) is 5.75 Å². The van der Waals surface area contributed by atoms with E-state index >= 15 is 0 Å². The standard InChI is InChI=1S/C18H24N2O/c1-3-19-18-15(10-13-6-4-5-7-13)11-14-12-16(21-2)8-9-17(14)20-18/h8-9,11-13H,3-7,10H2,1-2H3,(H,19,20). The van der Waals surface area contributed by atoms with E-state index in [9.17, 15) is 0 Å². The maximum absolute atomic E-state index is 5.33. The number of hydrogen-bond donors (Lipinski definition) is 1. The predicted octanol–water partition coefficient (Wildman–Crippen LogP) is 4.41. The van der Waals surface area contributed by atoms with E-state index in [1.807, 2.05) is 12.1 Å². The van der Waals surface area contributed by atoms with E-state index in [1.54, 1.807) is 7.11 Å². The van der Waals surface area contributed by atoms with Crippen molar-refractivity contribution < 1.29 is 4.74 Å². The second-order valence-electron chi connectivity index (χ2n) is 5.94. The topological polar surface area (TPSA) is 34.2 Å². The van der Waals surface area contributed by atoms with Gasteiger partial charge in [-0.25, -0.2) is 4.98 Å². The maximum atomic E-state index is 5.33. The number of ether oxygens (including phenoxy) is 1. The molecule has 1 aliphatic carbocycles. The molecule has 1 heterocycles. The van der Waals surface area contributed by atoms with Gasteiger partial charge in [0.1, 0.15) is 11.6 Å². The fraction of sp³-hybridized carbons (Fsp3) is 0.500. The minimum atomic E-state index is 0.826. The highest BCUT2D eigenvalue weighted by molar-refractivity contribution is 5.83. The fourth-order valence-corrected chi connectivity index (χ4v) is 3.33. The highest BCUT2D eigenvalue weighted by atomic mass is 16.5. The summed E-state index contributed by atoms with van der Waals surface area (Å²) < 4.78 is 5.33. The largest absolute Gasteiger partial charge is 0.497 e. The summed E-state index contributed by atoms with van der Waals surface area (Å²) in [6.45, 7) is 3.03. The van der Waals surface area contributed by atoms with Gasteiger partial charge in [0.05, 0.1) is 12.6 Å². The quantitative estimate of drug-likeness (QED) is 0.883. The molecule has 1 fully saturated rings. The van der Waals surface area contributed by atoms with Crippen LogP contribution in [0.2, 0.25) is 0 Å². The average Bonchev–Trinajstić information content (AvgIpc) is 3.00. The SMILES string of the molecule is CCNc1nc2ccc(OC)cc2cc1CC1CCCC1. The fourth-order valence-electron chi connectivity index (χ4n) is 3.33. The van der Waals surface area contributed by atoms with Crippen LogP contribution in [0, 0.1) is 5.92 Å². The van der Waals surface area contributed by atoms with Crippen molar-refractivity contribution in [3.63, 3.8) is 0 Å². The molecule has 1 aliphatic rings. The molecule has 0 radical (unpaired) electrons. The van der Waals surface area contributed by atoms with Crippen LogP contribution in [0.15, 0.2) is 24.3 Å². The van der Waals surface area contributed by atoms with Gasteiger partial charge in [-0.1, -0.05) is 25.7 Å². The number of anilines is 1. The number of nitrogens with one attached hydrogen (secondary N) is 1. The van der Waals surface area contributed by atoms with Crippen LogP contribution in [0.1, 0.15) is 38.2 Å². The highest BCUT2D eigenvalue weighted by Crippen LogP contribution is 2.32. The molecule has 0 spiro atoms. The summed E-state index contributed by atoms with van der Waals surface area (Å²) in [7, 11) is 1.71. The Morgan fingerprint density at radius 2 is 2.05 bits per heavy atom. The number of methoxy groups -OCH3 is 1. The van der Waals surface area contributed by atoms with Crippen LogP contribution in [0.3, 0.4) is 0 Å². The summed E-state index contributed by atoms with van der Waals surface area (Å²) in [6, 6.07) is 8.38. The first kappa shape index (κ1) is 14.2. The lowest BCUT2D eigenvalue weighted by Crippen LogP contribution is -2.07. The monoisotopic (exact) mass is 284 g/mol. The first-order chi connectivity index (χ1) is 10.3. The molecular weight excluding hydrogens is 260 g/mol. The lowest BCUT2D eigenvalue weighted by atomic mass is 9.97. The lowest BCUT2D eigenvalue weighted by Gasteiger charge is -2.15. The van der Waals surface area contributed by atoms with Crippen LogP contribution in [0.5, 0.6) is 5.75 Å². The molecule has 1 saturated carbocycles. The van der Waals surface area contributed by atoms with Crippen molar-refractivity contribution in [1.29, 1.82) is 0 Å². The zero-order valence-corrected chi connectivity index (χ0v) is 13.0. The smallest absolute Gasteiger partial charge is 0.129 e. The van der Waals surface area contributed by atoms with Gasteiger partial charge in [-0.15, -0.1) is 0 Å². The van der Waals surface area contributed by atoms with Gasteiger partial charge < -0.3 is 10.1 Å². The van der Waals surface area contributed by atoms with Crippen LogP contribution >= 0.6 is 0 Å².